The third-order valence-electron chi connectivity index (χ3n) is 4.29. The number of ether oxygens (including phenoxy) is 1. The van der Waals surface area contributed by atoms with Crippen LogP contribution in [0.3, 0.4) is 0 Å². The van der Waals surface area contributed by atoms with E-state index in [0.29, 0.717) is 19.1 Å². The van der Waals surface area contributed by atoms with E-state index in [-0.39, 0.29) is 6.04 Å². The lowest BCUT2D eigenvalue weighted by molar-refractivity contribution is 0.210. The van der Waals surface area contributed by atoms with E-state index in [9.17, 15) is 0 Å². The lowest BCUT2D eigenvalue weighted by Gasteiger charge is -2.19. The molecule has 0 aromatic carbocycles. The van der Waals surface area contributed by atoms with E-state index < -0.39 is 0 Å². The normalized spacial score (nSPS) is 15.0. The van der Waals surface area contributed by atoms with Crippen LogP contribution in [0.25, 0.3) is 0 Å². The van der Waals surface area contributed by atoms with E-state index in [1.165, 1.54) is 5.56 Å². The molecule has 2 aromatic heterocycles. The number of rotatable bonds is 8. The molecule has 3 heterocycles. The minimum atomic E-state index is 0.189. The molecule has 0 radical (unpaired) electrons. The number of nitrogens with one attached hydrogen (secondary N) is 3. The molecule has 1 unspecified atom stereocenters. The van der Waals surface area contributed by atoms with Crippen molar-refractivity contribution < 1.29 is 4.74 Å². The third-order valence-corrected chi connectivity index (χ3v) is 4.29. The SMILES string of the molecule is COCCNc1nc2c(c(NC(C)Cc3cnccn3)n1)CCNCC2. The Morgan fingerprint density at radius 1 is 1.23 bits per heavy atom. The zero-order valence-corrected chi connectivity index (χ0v) is 15.5. The van der Waals surface area contributed by atoms with Crippen molar-refractivity contribution in [3.05, 3.63) is 35.5 Å². The Morgan fingerprint density at radius 2 is 2.12 bits per heavy atom. The van der Waals surface area contributed by atoms with E-state index in [0.717, 1.165) is 49.6 Å². The maximum absolute atomic E-state index is 5.10. The van der Waals surface area contributed by atoms with E-state index in [4.69, 9.17) is 14.7 Å². The van der Waals surface area contributed by atoms with Gasteiger partial charge < -0.3 is 20.7 Å². The average molecular weight is 357 g/mol. The molecule has 0 amide bonds. The molecule has 8 heteroatoms. The summed E-state index contributed by atoms with van der Waals surface area (Å²) >= 11 is 0. The van der Waals surface area contributed by atoms with Crippen molar-refractivity contribution in [2.45, 2.75) is 32.2 Å². The highest BCUT2D eigenvalue weighted by Gasteiger charge is 2.18. The maximum Gasteiger partial charge on any atom is 0.224 e. The maximum atomic E-state index is 5.10. The Hall–Kier alpha value is -2.32. The van der Waals surface area contributed by atoms with Gasteiger partial charge in [0, 0.05) is 63.2 Å². The van der Waals surface area contributed by atoms with Gasteiger partial charge in [-0.3, -0.25) is 9.97 Å². The van der Waals surface area contributed by atoms with Gasteiger partial charge >= 0.3 is 0 Å². The lowest BCUT2D eigenvalue weighted by atomic mass is 10.1. The van der Waals surface area contributed by atoms with Crippen LogP contribution in [0, 0.1) is 0 Å². The van der Waals surface area contributed by atoms with Crippen LogP contribution in [0.5, 0.6) is 0 Å². The predicted octanol–water partition coefficient (Wildman–Crippen LogP) is 1.06. The van der Waals surface area contributed by atoms with E-state index in [1.807, 2.05) is 0 Å². The molecule has 0 aliphatic carbocycles. The van der Waals surface area contributed by atoms with Crippen LogP contribution in [0.15, 0.2) is 18.6 Å². The predicted molar refractivity (Wildman–Crippen MR) is 101 cm³/mol. The van der Waals surface area contributed by atoms with E-state index >= 15 is 0 Å². The van der Waals surface area contributed by atoms with Crippen molar-refractivity contribution in [3.8, 4) is 0 Å². The molecule has 3 rings (SSSR count). The van der Waals surface area contributed by atoms with Crippen LogP contribution in [-0.4, -0.2) is 59.3 Å². The molecule has 26 heavy (non-hydrogen) atoms. The second kappa shape index (κ2) is 9.40. The highest BCUT2D eigenvalue weighted by Crippen LogP contribution is 2.22. The number of anilines is 2. The Labute approximate surface area is 154 Å². The van der Waals surface area contributed by atoms with Crippen molar-refractivity contribution in [2.24, 2.45) is 0 Å². The van der Waals surface area contributed by atoms with Crippen LogP contribution < -0.4 is 16.0 Å². The topological polar surface area (TPSA) is 96.9 Å². The molecule has 0 saturated heterocycles. The molecule has 1 aliphatic rings. The molecule has 8 nitrogen and oxygen atoms in total. The van der Waals surface area contributed by atoms with Gasteiger partial charge in [-0.15, -0.1) is 0 Å². The number of nitrogens with zero attached hydrogens (tertiary/aromatic N) is 4. The quantitative estimate of drug-likeness (QED) is 0.604. The van der Waals surface area contributed by atoms with Gasteiger partial charge in [0.1, 0.15) is 5.82 Å². The zero-order chi connectivity index (χ0) is 18.2. The van der Waals surface area contributed by atoms with Gasteiger partial charge in [-0.25, -0.2) is 4.98 Å². The highest BCUT2D eigenvalue weighted by atomic mass is 16.5. The molecule has 140 valence electrons. The smallest absolute Gasteiger partial charge is 0.224 e. The number of methoxy groups -OCH3 is 1. The second-order valence-electron chi connectivity index (χ2n) is 6.44. The fourth-order valence-corrected chi connectivity index (χ4v) is 3.04. The molecule has 0 bridgehead atoms. The summed E-state index contributed by atoms with van der Waals surface area (Å²) in [5.74, 6) is 1.56. The lowest BCUT2D eigenvalue weighted by Crippen LogP contribution is -2.22. The first-order valence-corrected chi connectivity index (χ1v) is 9.11. The first-order valence-electron chi connectivity index (χ1n) is 9.11. The number of hydrogen-bond acceptors (Lipinski definition) is 8. The van der Waals surface area contributed by atoms with Crippen molar-refractivity contribution in [1.29, 1.82) is 0 Å². The molecule has 0 spiro atoms. The molecular formula is C18H27N7O. The van der Waals surface area contributed by atoms with Gasteiger partial charge in [-0.2, -0.15) is 4.98 Å². The largest absolute Gasteiger partial charge is 0.383 e. The van der Waals surface area contributed by atoms with Crippen molar-refractivity contribution >= 4 is 11.8 Å². The minimum absolute atomic E-state index is 0.189. The van der Waals surface area contributed by atoms with Crippen LogP contribution in [-0.2, 0) is 24.0 Å². The van der Waals surface area contributed by atoms with Gasteiger partial charge in [-0.1, -0.05) is 0 Å². The summed E-state index contributed by atoms with van der Waals surface area (Å²) < 4.78 is 5.10. The van der Waals surface area contributed by atoms with Gasteiger partial charge in [-0.05, 0) is 19.9 Å². The Morgan fingerprint density at radius 3 is 2.92 bits per heavy atom. The average Bonchev–Trinajstić information content (AvgIpc) is 2.88. The third kappa shape index (κ3) is 5.09. The fourth-order valence-electron chi connectivity index (χ4n) is 3.04. The van der Waals surface area contributed by atoms with E-state index in [2.05, 4.69) is 32.8 Å². The monoisotopic (exact) mass is 357 g/mol. The summed E-state index contributed by atoms with van der Waals surface area (Å²) in [4.78, 5) is 17.9. The summed E-state index contributed by atoms with van der Waals surface area (Å²) in [7, 11) is 1.69. The zero-order valence-electron chi connectivity index (χ0n) is 15.5. The molecular weight excluding hydrogens is 330 g/mol. The van der Waals surface area contributed by atoms with Gasteiger partial charge in [0.05, 0.1) is 18.0 Å². The number of aromatic nitrogens is 4. The summed E-state index contributed by atoms with van der Waals surface area (Å²) in [6.45, 7) is 5.32. The van der Waals surface area contributed by atoms with E-state index in [1.54, 1.807) is 25.7 Å². The van der Waals surface area contributed by atoms with Crippen molar-refractivity contribution in [1.82, 2.24) is 25.3 Å². The Bertz CT molecular complexity index is 695. The summed E-state index contributed by atoms with van der Waals surface area (Å²) in [6, 6.07) is 0.189. The number of fused-ring (bicyclic) bond motifs is 1. The van der Waals surface area contributed by atoms with Crippen molar-refractivity contribution in [3.63, 3.8) is 0 Å². The van der Waals surface area contributed by atoms with Crippen LogP contribution >= 0.6 is 0 Å². The van der Waals surface area contributed by atoms with Crippen LogP contribution in [0.4, 0.5) is 11.8 Å². The number of hydrogen-bond donors (Lipinski definition) is 3. The highest BCUT2D eigenvalue weighted by molar-refractivity contribution is 5.52. The summed E-state index contributed by atoms with van der Waals surface area (Å²) in [6.07, 6.45) is 7.84. The molecule has 1 aliphatic heterocycles. The van der Waals surface area contributed by atoms with Crippen LogP contribution in [0.1, 0.15) is 23.9 Å². The molecule has 2 aromatic rings. The molecule has 1 atom stereocenters. The fraction of sp³-hybridized carbons (Fsp3) is 0.556. The van der Waals surface area contributed by atoms with Crippen molar-refractivity contribution in [2.75, 3.05) is 44.0 Å². The van der Waals surface area contributed by atoms with Gasteiger partial charge in [0.15, 0.2) is 0 Å². The first-order chi connectivity index (χ1) is 12.8. The Balaban J connectivity index is 1.77. The van der Waals surface area contributed by atoms with Crippen LogP contribution in [0.2, 0.25) is 0 Å². The first kappa shape index (κ1) is 18.5. The molecule has 0 fully saturated rings. The molecule has 3 N–H and O–H groups in total. The van der Waals surface area contributed by atoms with Gasteiger partial charge in [0.25, 0.3) is 0 Å². The molecule has 0 saturated carbocycles. The minimum Gasteiger partial charge on any atom is -0.383 e. The second-order valence-corrected chi connectivity index (χ2v) is 6.44. The standard InChI is InChI=1S/C18H27N7O/c1-13(11-14-12-20-7-8-21-14)23-17-15-3-5-19-6-4-16(15)24-18(25-17)22-9-10-26-2/h7-8,12-13,19H,3-6,9-11H2,1-2H3,(H2,22,23,24,25). The van der Waals surface area contributed by atoms with Gasteiger partial charge in [0.2, 0.25) is 5.95 Å². The summed E-state index contributed by atoms with van der Waals surface area (Å²) in [5, 5.41) is 10.2. The summed E-state index contributed by atoms with van der Waals surface area (Å²) in [5.41, 5.74) is 3.28. The Kier molecular flexibility index (Phi) is 6.68.